The number of rotatable bonds is 6. The first-order valence-corrected chi connectivity index (χ1v) is 19.0. The predicted octanol–water partition coefficient (Wildman–Crippen LogP) is 5.71. The summed E-state index contributed by atoms with van der Waals surface area (Å²) in [5.74, 6) is -0.776. The third-order valence-corrected chi connectivity index (χ3v) is 12.4. The van der Waals surface area contributed by atoms with Crippen LogP contribution >= 0.6 is 11.6 Å². The highest BCUT2D eigenvalue weighted by atomic mass is 35.5. The second kappa shape index (κ2) is 13.3. The summed E-state index contributed by atoms with van der Waals surface area (Å²) in [7, 11) is 0. The molecule has 11 nitrogen and oxygen atoms in total. The molecule has 3 fully saturated rings. The van der Waals surface area contributed by atoms with Crippen molar-refractivity contribution in [1.82, 2.24) is 20.1 Å². The number of aromatic amines is 1. The van der Waals surface area contributed by atoms with Gasteiger partial charge in [0, 0.05) is 69.5 Å². The van der Waals surface area contributed by atoms with E-state index in [1.165, 1.54) is 11.3 Å². The number of benzene rings is 3. The minimum Gasteiger partial charge on any atom is -0.372 e. The van der Waals surface area contributed by atoms with Crippen LogP contribution in [0.3, 0.4) is 0 Å². The lowest BCUT2D eigenvalue weighted by Crippen LogP contribution is -2.54. The number of piperidine rings is 3. The third kappa shape index (κ3) is 5.94. The Morgan fingerprint density at radius 2 is 1.47 bits per heavy atom. The molecule has 1 aromatic heterocycles. The molecule has 5 aliphatic rings. The van der Waals surface area contributed by atoms with Crippen LogP contribution < -0.4 is 15.1 Å². The predicted molar refractivity (Wildman–Crippen MR) is 201 cm³/mol. The molecule has 12 heteroatoms. The van der Waals surface area contributed by atoms with Crippen molar-refractivity contribution in [3.63, 3.8) is 0 Å². The Balaban J connectivity index is 0.766. The molecule has 0 spiro atoms. The van der Waals surface area contributed by atoms with Crippen LogP contribution in [0.2, 0.25) is 5.02 Å². The molecular weight excluding hydrogens is 690 g/mol. The van der Waals surface area contributed by atoms with Crippen LogP contribution in [0.25, 0.3) is 10.9 Å². The minimum atomic E-state index is -0.946. The number of amides is 4. The molecular formula is C41H40ClN7O4. The number of halogens is 1. The van der Waals surface area contributed by atoms with Crippen LogP contribution in [0.1, 0.15) is 87.4 Å². The standard InChI is InChI=1S/C41H40ClN7O4/c42-33-5-6-34(38-37(33)29(19-43)20-44-38)48-15-11-26(12-16-48)25-1-3-30(4-2-25)47-13-9-24(10-14-47)21-46-22-27-17-31-32(18-28(27)23-46)41(53)49(40(31)52)35-7-8-36(50)45-39(35)51/h1-6,17-18,20,24,26,35,44H,7-16,21-23H2,(H,45,50,51). The van der Waals surface area contributed by atoms with E-state index >= 15 is 0 Å². The van der Waals surface area contributed by atoms with Gasteiger partial charge in [0.2, 0.25) is 11.8 Å². The van der Waals surface area contributed by atoms with Crippen LogP contribution in [0, 0.1) is 17.2 Å². The Kier molecular flexibility index (Phi) is 8.47. The molecule has 53 heavy (non-hydrogen) atoms. The number of nitriles is 1. The van der Waals surface area contributed by atoms with Gasteiger partial charge in [0.1, 0.15) is 12.1 Å². The summed E-state index contributed by atoms with van der Waals surface area (Å²) in [6, 6.07) is 18.1. The van der Waals surface area contributed by atoms with Gasteiger partial charge in [-0.2, -0.15) is 5.26 Å². The van der Waals surface area contributed by atoms with E-state index in [1.54, 1.807) is 6.20 Å². The number of fused-ring (bicyclic) bond motifs is 3. The van der Waals surface area contributed by atoms with Crippen molar-refractivity contribution in [2.75, 3.05) is 42.5 Å². The number of aromatic nitrogens is 1. The lowest BCUT2D eigenvalue weighted by Gasteiger charge is -2.36. The number of hydrogen-bond acceptors (Lipinski definition) is 8. The third-order valence-electron chi connectivity index (χ3n) is 12.1. The molecule has 1 unspecified atom stereocenters. The summed E-state index contributed by atoms with van der Waals surface area (Å²) in [5.41, 5.74) is 8.13. The number of nitrogens with zero attached hydrogens (tertiary/aromatic N) is 5. The largest absolute Gasteiger partial charge is 0.372 e. The number of carbonyl (C=O) groups is 4. The van der Waals surface area contributed by atoms with E-state index in [0.717, 1.165) is 104 Å². The van der Waals surface area contributed by atoms with Crippen molar-refractivity contribution < 1.29 is 19.2 Å². The monoisotopic (exact) mass is 729 g/mol. The summed E-state index contributed by atoms with van der Waals surface area (Å²) in [6.45, 7) is 6.36. The van der Waals surface area contributed by atoms with Crippen LogP contribution in [-0.2, 0) is 22.7 Å². The second-order valence-corrected chi connectivity index (χ2v) is 15.6. The number of nitrogens with one attached hydrogen (secondary N) is 2. The molecule has 270 valence electrons. The summed E-state index contributed by atoms with van der Waals surface area (Å²) >= 11 is 6.44. The maximum atomic E-state index is 13.3. The Hall–Kier alpha value is -5.18. The van der Waals surface area contributed by atoms with Crippen LogP contribution in [-0.4, -0.2) is 77.2 Å². The fourth-order valence-corrected chi connectivity index (χ4v) is 9.52. The highest BCUT2D eigenvalue weighted by molar-refractivity contribution is 6.36. The fourth-order valence-electron chi connectivity index (χ4n) is 9.26. The smallest absolute Gasteiger partial charge is 0.262 e. The zero-order valence-corrected chi connectivity index (χ0v) is 30.1. The van der Waals surface area contributed by atoms with Crippen molar-refractivity contribution >= 4 is 57.5 Å². The van der Waals surface area contributed by atoms with Gasteiger partial charge >= 0.3 is 0 Å². The van der Waals surface area contributed by atoms with E-state index in [0.29, 0.717) is 33.5 Å². The number of imide groups is 2. The molecule has 2 N–H and O–H groups in total. The van der Waals surface area contributed by atoms with Crippen molar-refractivity contribution in [3.8, 4) is 6.07 Å². The number of carbonyl (C=O) groups excluding carboxylic acids is 4. The van der Waals surface area contributed by atoms with Gasteiger partial charge in [-0.15, -0.1) is 0 Å². The molecule has 3 saturated heterocycles. The minimum absolute atomic E-state index is 0.110. The Morgan fingerprint density at radius 3 is 2.11 bits per heavy atom. The normalized spacial score (nSPS) is 21.4. The van der Waals surface area contributed by atoms with Gasteiger partial charge in [0.25, 0.3) is 11.8 Å². The maximum Gasteiger partial charge on any atom is 0.262 e. The number of hydrogen-bond donors (Lipinski definition) is 2. The topological polar surface area (TPSA) is 133 Å². The van der Waals surface area contributed by atoms with Crippen molar-refractivity contribution in [2.45, 2.75) is 63.6 Å². The molecule has 9 rings (SSSR count). The summed E-state index contributed by atoms with van der Waals surface area (Å²) in [6.07, 6.45) is 6.36. The first kappa shape index (κ1) is 33.6. The SMILES string of the molecule is N#Cc1c[nH]c2c(N3CCC(c4ccc(N5CCC(CN6Cc7cc8c(cc7C6)C(=O)N(C6CCC(=O)NC6=O)C8=O)CC5)cc4)CC3)ccc(Cl)c12. The average molecular weight is 730 g/mol. The average Bonchev–Trinajstić information content (AvgIpc) is 3.85. The fraction of sp³-hybridized carbons (Fsp3) is 0.390. The van der Waals surface area contributed by atoms with E-state index in [2.05, 4.69) is 61.4 Å². The highest BCUT2D eigenvalue weighted by Crippen LogP contribution is 2.38. The first-order valence-electron chi connectivity index (χ1n) is 18.6. The van der Waals surface area contributed by atoms with E-state index in [1.807, 2.05) is 18.2 Å². The van der Waals surface area contributed by atoms with Gasteiger partial charge in [-0.1, -0.05) is 23.7 Å². The van der Waals surface area contributed by atoms with Gasteiger partial charge in [0.15, 0.2) is 0 Å². The van der Waals surface area contributed by atoms with Crippen molar-refractivity contribution in [3.05, 3.63) is 93.1 Å². The molecule has 6 heterocycles. The van der Waals surface area contributed by atoms with Gasteiger partial charge in [-0.3, -0.25) is 34.3 Å². The molecule has 4 aromatic rings. The molecule has 0 radical (unpaired) electrons. The Morgan fingerprint density at radius 1 is 0.811 bits per heavy atom. The quantitative estimate of drug-likeness (QED) is 0.241. The van der Waals surface area contributed by atoms with Gasteiger partial charge in [0.05, 0.1) is 32.9 Å². The Bertz CT molecular complexity index is 2160. The Labute approximate surface area is 312 Å². The van der Waals surface area contributed by atoms with Crippen LogP contribution in [0.5, 0.6) is 0 Å². The molecule has 1 atom stereocenters. The molecule has 5 aliphatic heterocycles. The van der Waals surface area contributed by atoms with Crippen LogP contribution in [0.4, 0.5) is 11.4 Å². The zero-order chi connectivity index (χ0) is 36.4. The molecule has 4 amide bonds. The molecule has 0 bridgehead atoms. The lowest BCUT2D eigenvalue weighted by molar-refractivity contribution is -0.136. The second-order valence-electron chi connectivity index (χ2n) is 15.2. The van der Waals surface area contributed by atoms with E-state index < -0.39 is 23.8 Å². The summed E-state index contributed by atoms with van der Waals surface area (Å²) < 4.78 is 0. The zero-order valence-electron chi connectivity index (χ0n) is 29.4. The highest BCUT2D eigenvalue weighted by Gasteiger charge is 2.45. The summed E-state index contributed by atoms with van der Waals surface area (Å²) in [5, 5.41) is 13.2. The van der Waals surface area contributed by atoms with E-state index in [9.17, 15) is 24.4 Å². The van der Waals surface area contributed by atoms with Gasteiger partial charge in [-0.05, 0) is 97.0 Å². The number of anilines is 2. The van der Waals surface area contributed by atoms with Crippen molar-refractivity contribution in [1.29, 1.82) is 5.26 Å². The molecule has 0 saturated carbocycles. The number of H-pyrrole nitrogens is 1. The van der Waals surface area contributed by atoms with E-state index in [-0.39, 0.29) is 18.7 Å². The van der Waals surface area contributed by atoms with Gasteiger partial charge in [-0.25, -0.2) is 0 Å². The molecule has 0 aliphatic carbocycles. The first-order chi connectivity index (χ1) is 25.7. The van der Waals surface area contributed by atoms with Gasteiger partial charge < -0.3 is 14.8 Å². The molecule has 3 aromatic carbocycles. The van der Waals surface area contributed by atoms with Crippen molar-refractivity contribution in [2.24, 2.45) is 5.92 Å². The van der Waals surface area contributed by atoms with Crippen LogP contribution in [0.15, 0.2) is 54.7 Å². The lowest BCUT2D eigenvalue weighted by atomic mass is 9.89. The van der Waals surface area contributed by atoms with E-state index in [4.69, 9.17) is 11.6 Å². The maximum absolute atomic E-state index is 13.3. The summed E-state index contributed by atoms with van der Waals surface area (Å²) in [4.78, 5) is 62.3.